The van der Waals surface area contributed by atoms with E-state index >= 15 is 0 Å². The van der Waals surface area contributed by atoms with Crippen molar-refractivity contribution in [1.29, 1.82) is 0 Å². The Bertz CT molecular complexity index is 1210. The van der Waals surface area contributed by atoms with E-state index in [1.807, 2.05) is 25.1 Å². The summed E-state index contributed by atoms with van der Waals surface area (Å²) in [6.45, 7) is 1.96. The van der Waals surface area contributed by atoms with Crippen molar-refractivity contribution in [2.75, 3.05) is 0 Å². The number of carbonyl (C=O) groups excluding carboxylic acids is 1. The number of halogens is 1. The molecule has 2 heterocycles. The molecule has 1 N–H and O–H groups in total. The summed E-state index contributed by atoms with van der Waals surface area (Å²) in [7, 11) is 0. The van der Waals surface area contributed by atoms with Crippen molar-refractivity contribution in [3.63, 3.8) is 0 Å². The molecule has 0 atom stereocenters. The molecule has 2 aromatic heterocycles. The van der Waals surface area contributed by atoms with Gasteiger partial charge in [-0.1, -0.05) is 24.3 Å². The van der Waals surface area contributed by atoms with Gasteiger partial charge in [0.2, 0.25) is 5.91 Å². The molecule has 2 aromatic carbocycles. The van der Waals surface area contributed by atoms with Crippen LogP contribution in [0.5, 0.6) is 0 Å². The lowest BCUT2D eigenvalue weighted by molar-refractivity contribution is -0.122. The van der Waals surface area contributed by atoms with Gasteiger partial charge in [0, 0.05) is 11.9 Å². The molecule has 0 saturated carbocycles. The van der Waals surface area contributed by atoms with Gasteiger partial charge in [-0.15, -0.1) is 5.10 Å². The minimum absolute atomic E-state index is 0.213. The molecule has 7 nitrogen and oxygen atoms in total. The lowest BCUT2D eigenvalue weighted by Gasteiger charge is -2.04. The minimum atomic E-state index is -0.433. The zero-order chi connectivity index (χ0) is 19.0. The first kappa shape index (κ1) is 16.9. The van der Waals surface area contributed by atoms with Crippen LogP contribution in [0, 0.1) is 12.7 Å². The van der Waals surface area contributed by atoms with Crippen LogP contribution in [0.1, 0.15) is 11.1 Å². The van der Waals surface area contributed by atoms with Crippen molar-refractivity contribution in [2.45, 2.75) is 20.0 Å². The smallest absolute Gasteiger partial charge is 0.350 e. The van der Waals surface area contributed by atoms with Gasteiger partial charge in [-0.05, 0) is 36.2 Å². The van der Waals surface area contributed by atoms with Crippen molar-refractivity contribution >= 4 is 22.5 Å². The van der Waals surface area contributed by atoms with Crippen LogP contribution in [0.4, 0.5) is 4.39 Å². The Hall–Kier alpha value is -3.55. The molecule has 0 saturated heterocycles. The quantitative estimate of drug-likeness (QED) is 0.598. The van der Waals surface area contributed by atoms with Crippen molar-refractivity contribution in [3.8, 4) is 0 Å². The molecule has 4 rings (SSSR count). The first-order valence-corrected chi connectivity index (χ1v) is 8.37. The second-order valence-corrected chi connectivity index (χ2v) is 6.25. The summed E-state index contributed by atoms with van der Waals surface area (Å²) in [6, 6.07) is 11.5. The fourth-order valence-electron chi connectivity index (χ4n) is 2.93. The maximum atomic E-state index is 12.9. The average molecular weight is 365 g/mol. The van der Waals surface area contributed by atoms with E-state index in [2.05, 4.69) is 15.4 Å². The van der Waals surface area contributed by atoms with Crippen LogP contribution in [-0.2, 0) is 17.9 Å². The molecule has 136 valence electrons. The van der Waals surface area contributed by atoms with Gasteiger partial charge in [0.15, 0.2) is 5.65 Å². The number of hydrogen-bond donors (Lipinski definition) is 1. The van der Waals surface area contributed by atoms with Crippen LogP contribution in [0.3, 0.4) is 0 Å². The molecular formula is C19H16FN5O2. The molecule has 8 heteroatoms. The molecule has 0 aliphatic heterocycles. The summed E-state index contributed by atoms with van der Waals surface area (Å²) < 4.78 is 15.4. The van der Waals surface area contributed by atoms with Crippen LogP contribution in [0.2, 0.25) is 0 Å². The van der Waals surface area contributed by atoms with Gasteiger partial charge in [0.1, 0.15) is 18.7 Å². The highest BCUT2D eigenvalue weighted by Crippen LogP contribution is 2.18. The van der Waals surface area contributed by atoms with Crippen LogP contribution in [-0.4, -0.2) is 25.1 Å². The normalized spacial score (nSPS) is 11.2. The molecule has 0 unspecified atom stereocenters. The van der Waals surface area contributed by atoms with Gasteiger partial charge in [-0.3, -0.25) is 4.79 Å². The van der Waals surface area contributed by atoms with E-state index < -0.39 is 5.69 Å². The predicted octanol–water partition coefficient (Wildman–Crippen LogP) is 1.81. The SMILES string of the molecule is Cc1cccc2c1ncn1c(=O)n(CC(=O)NCc3ccc(F)cc3)nc21. The third-order valence-corrected chi connectivity index (χ3v) is 4.35. The van der Waals surface area contributed by atoms with Crippen LogP contribution >= 0.6 is 0 Å². The molecule has 27 heavy (non-hydrogen) atoms. The number of fused-ring (bicyclic) bond motifs is 3. The second kappa shape index (κ2) is 6.64. The first-order chi connectivity index (χ1) is 13.0. The number of nitrogens with one attached hydrogen (secondary N) is 1. The number of amides is 1. The zero-order valence-electron chi connectivity index (χ0n) is 14.5. The van der Waals surface area contributed by atoms with Crippen LogP contribution in [0.15, 0.2) is 53.6 Å². The van der Waals surface area contributed by atoms with Crippen molar-refractivity contribution in [3.05, 3.63) is 76.2 Å². The van der Waals surface area contributed by atoms with E-state index in [-0.39, 0.29) is 24.8 Å². The fourth-order valence-corrected chi connectivity index (χ4v) is 2.93. The molecule has 0 aliphatic rings. The third kappa shape index (κ3) is 3.17. The minimum Gasteiger partial charge on any atom is -0.350 e. The largest absolute Gasteiger partial charge is 0.352 e. The molecular weight excluding hydrogens is 349 g/mol. The number of carbonyl (C=O) groups is 1. The first-order valence-electron chi connectivity index (χ1n) is 8.37. The van der Waals surface area contributed by atoms with Crippen molar-refractivity contribution < 1.29 is 9.18 Å². The Morgan fingerprint density at radius 1 is 1.19 bits per heavy atom. The number of rotatable bonds is 4. The van der Waals surface area contributed by atoms with Crippen molar-refractivity contribution in [2.24, 2.45) is 0 Å². The molecule has 0 aliphatic carbocycles. The molecule has 0 radical (unpaired) electrons. The maximum Gasteiger partial charge on any atom is 0.352 e. The third-order valence-electron chi connectivity index (χ3n) is 4.35. The number of hydrogen-bond acceptors (Lipinski definition) is 4. The van der Waals surface area contributed by atoms with E-state index in [1.54, 1.807) is 12.1 Å². The second-order valence-electron chi connectivity index (χ2n) is 6.25. The van der Waals surface area contributed by atoms with E-state index in [4.69, 9.17) is 0 Å². The maximum absolute atomic E-state index is 12.9. The zero-order valence-corrected chi connectivity index (χ0v) is 14.5. The van der Waals surface area contributed by atoms with E-state index in [1.165, 1.54) is 22.9 Å². The lowest BCUT2D eigenvalue weighted by atomic mass is 10.1. The Labute approximate surface area is 153 Å². The topological polar surface area (TPSA) is 81.3 Å². The van der Waals surface area contributed by atoms with E-state index in [0.29, 0.717) is 5.65 Å². The number of aromatic nitrogens is 4. The van der Waals surface area contributed by atoms with Gasteiger partial charge in [0.25, 0.3) is 0 Å². The van der Waals surface area contributed by atoms with Crippen molar-refractivity contribution in [1.82, 2.24) is 24.5 Å². The Kier molecular flexibility index (Phi) is 4.15. The number of benzene rings is 2. The summed E-state index contributed by atoms with van der Waals surface area (Å²) in [4.78, 5) is 29.0. The monoisotopic (exact) mass is 365 g/mol. The fraction of sp³-hybridized carbons (Fsp3) is 0.158. The molecule has 0 fully saturated rings. The molecule has 0 bridgehead atoms. The average Bonchev–Trinajstić information content (AvgIpc) is 2.98. The summed E-state index contributed by atoms with van der Waals surface area (Å²) in [5, 5.41) is 7.75. The lowest BCUT2D eigenvalue weighted by Crippen LogP contribution is -2.32. The summed E-state index contributed by atoms with van der Waals surface area (Å²) in [6.07, 6.45) is 1.42. The highest BCUT2D eigenvalue weighted by Gasteiger charge is 2.14. The van der Waals surface area contributed by atoms with Crippen LogP contribution in [0.25, 0.3) is 16.6 Å². The van der Waals surface area contributed by atoms with Gasteiger partial charge < -0.3 is 5.32 Å². The Balaban J connectivity index is 1.58. The number of nitrogens with zero attached hydrogens (tertiary/aromatic N) is 4. The molecule has 0 spiro atoms. The highest BCUT2D eigenvalue weighted by molar-refractivity contribution is 5.92. The standard InChI is InChI=1S/C19H16FN5O2/c1-12-3-2-4-15-17(12)22-11-24-18(15)23-25(19(24)27)10-16(26)21-9-13-5-7-14(20)8-6-13/h2-8,11H,9-10H2,1H3,(H,21,26). The number of aryl methyl sites for hydroxylation is 1. The molecule has 4 aromatic rings. The summed E-state index contributed by atoms with van der Waals surface area (Å²) in [5.74, 6) is -0.698. The van der Waals surface area contributed by atoms with Crippen LogP contribution < -0.4 is 11.0 Å². The van der Waals surface area contributed by atoms with Gasteiger partial charge in [0.05, 0.1) is 5.52 Å². The van der Waals surface area contributed by atoms with Gasteiger partial charge in [-0.2, -0.15) is 0 Å². The summed E-state index contributed by atoms with van der Waals surface area (Å²) in [5.41, 5.74) is 2.53. The van der Waals surface area contributed by atoms with E-state index in [0.717, 1.165) is 26.7 Å². The number of para-hydroxylation sites is 1. The summed E-state index contributed by atoms with van der Waals surface area (Å²) >= 11 is 0. The highest BCUT2D eigenvalue weighted by atomic mass is 19.1. The Morgan fingerprint density at radius 3 is 2.74 bits per heavy atom. The predicted molar refractivity (Wildman–Crippen MR) is 97.7 cm³/mol. The van der Waals surface area contributed by atoms with Gasteiger partial charge in [-0.25, -0.2) is 23.3 Å². The van der Waals surface area contributed by atoms with Gasteiger partial charge >= 0.3 is 5.69 Å². The van der Waals surface area contributed by atoms with E-state index in [9.17, 15) is 14.0 Å². The Morgan fingerprint density at radius 2 is 1.96 bits per heavy atom. The molecule has 1 amide bonds.